The molecular formula is C30H39ClO. The number of Topliss-reactive ketones (excluding diaryl/α,β-unsaturated/α-hetero) is 1. The minimum absolute atomic E-state index is 0.343. The zero-order valence-corrected chi connectivity index (χ0v) is 21.1. The van der Waals surface area contributed by atoms with Gasteiger partial charge in [-0.1, -0.05) is 73.8 Å². The number of aryl methyl sites for hydroxylation is 2. The Balaban J connectivity index is 1.63. The van der Waals surface area contributed by atoms with E-state index in [0.717, 1.165) is 55.5 Å². The van der Waals surface area contributed by atoms with Gasteiger partial charge < -0.3 is 0 Å². The highest BCUT2D eigenvalue weighted by atomic mass is 35.5. The summed E-state index contributed by atoms with van der Waals surface area (Å²) in [5.74, 6) is 1.42. The van der Waals surface area contributed by atoms with E-state index in [1.54, 1.807) is 0 Å². The molecule has 0 aromatic heterocycles. The maximum absolute atomic E-state index is 12.0. The number of hydrogen-bond acceptors (Lipinski definition) is 1. The molecule has 0 spiro atoms. The van der Waals surface area contributed by atoms with Crippen LogP contribution < -0.4 is 0 Å². The molecule has 0 N–H and O–H groups in total. The molecular weight excluding hydrogens is 412 g/mol. The van der Waals surface area contributed by atoms with Gasteiger partial charge >= 0.3 is 0 Å². The summed E-state index contributed by atoms with van der Waals surface area (Å²) in [6, 6.07) is 15.4. The lowest BCUT2D eigenvalue weighted by atomic mass is 9.85. The summed E-state index contributed by atoms with van der Waals surface area (Å²) in [6.07, 6.45) is 9.54. The molecule has 2 unspecified atom stereocenters. The second-order valence-electron chi connectivity index (χ2n) is 9.74. The van der Waals surface area contributed by atoms with Crippen LogP contribution in [-0.4, -0.2) is 5.78 Å². The summed E-state index contributed by atoms with van der Waals surface area (Å²) in [7, 11) is 0. The first-order valence-electron chi connectivity index (χ1n) is 12.4. The van der Waals surface area contributed by atoms with Gasteiger partial charge in [0.05, 0.1) is 0 Å². The summed E-state index contributed by atoms with van der Waals surface area (Å²) in [5, 5.41) is 0.875. The Morgan fingerprint density at radius 3 is 2.53 bits per heavy atom. The maximum atomic E-state index is 12.0. The molecule has 1 nitrogen and oxygen atoms in total. The van der Waals surface area contributed by atoms with Crippen molar-refractivity contribution in [2.45, 2.75) is 91.4 Å². The first-order chi connectivity index (χ1) is 15.4. The highest BCUT2D eigenvalue weighted by molar-refractivity contribution is 6.31. The van der Waals surface area contributed by atoms with Crippen molar-refractivity contribution in [3.63, 3.8) is 0 Å². The van der Waals surface area contributed by atoms with Gasteiger partial charge in [0.1, 0.15) is 0 Å². The van der Waals surface area contributed by atoms with Crippen molar-refractivity contribution in [1.29, 1.82) is 0 Å². The topological polar surface area (TPSA) is 17.1 Å². The molecule has 32 heavy (non-hydrogen) atoms. The van der Waals surface area contributed by atoms with Crippen LogP contribution in [0, 0.1) is 12.8 Å². The third-order valence-electron chi connectivity index (χ3n) is 7.49. The van der Waals surface area contributed by atoms with E-state index in [1.165, 1.54) is 40.7 Å². The predicted octanol–water partition coefficient (Wildman–Crippen LogP) is 8.80. The molecule has 0 radical (unpaired) electrons. The van der Waals surface area contributed by atoms with Crippen molar-refractivity contribution in [2.24, 2.45) is 5.92 Å². The summed E-state index contributed by atoms with van der Waals surface area (Å²) < 4.78 is 0. The fourth-order valence-electron chi connectivity index (χ4n) is 5.03. The fourth-order valence-corrected chi connectivity index (χ4v) is 5.33. The van der Waals surface area contributed by atoms with E-state index in [0.29, 0.717) is 17.6 Å². The van der Waals surface area contributed by atoms with Crippen LogP contribution in [0.3, 0.4) is 0 Å². The molecule has 1 aliphatic rings. The largest absolute Gasteiger partial charge is 0.295 e. The number of benzene rings is 2. The molecule has 0 heterocycles. The van der Waals surface area contributed by atoms with Gasteiger partial charge in [-0.25, -0.2) is 0 Å². The number of allylic oxidation sites excluding steroid dienone is 2. The third kappa shape index (κ3) is 6.58. The fraction of sp³-hybridized carbons (Fsp3) is 0.500. The Labute approximate surface area is 200 Å². The van der Waals surface area contributed by atoms with E-state index in [-0.39, 0.29) is 0 Å². The van der Waals surface area contributed by atoms with Crippen molar-refractivity contribution in [3.05, 3.63) is 80.9 Å². The van der Waals surface area contributed by atoms with Crippen molar-refractivity contribution >= 4 is 17.4 Å². The van der Waals surface area contributed by atoms with Gasteiger partial charge in [-0.3, -0.25) is 4.79 Å². The van der Waals surface area contributed by atoms with Crippen LogP contribution in [0.2, 0.25) is 5.02 Å². The third-order valence-corrected chi connectivity index (χ3v) is 7.83. The van der Waals surface area contributed by atoms with Crippen molar-refractivity contribution < 1.29 is 4.79 Å². The lowest BCUT2D eigenvalue weighted by molar-refractivity contribution is -0.116. The van der Waals surface area contributed by atoms with Crippen molar-refractivity contribution in [2.75, 3.05) is 0 Å². The number of rotatable bonds is 10. The minimum atomic E-state index is 0.343. The monoisotopic (exact) mass is 450 g/mol. The Bertz CT molecular complexity index is 955. The smallest absolute Gasteiger partial charge is 0.158 e. The Morgan fingerprint density at radius 1 is 1.00 bits per heavy atom. The summed E-state index contributed by atoms with van der Waals surface area (Å²) in [4.78, 5) is 12.0. The Kier molecular flexibility index (Phi) is 9.17. The van der Waals surface area contributed by atoms with Crippen LogP contribution in [0.4, 0.5) is 0 Å². The van der Waals surface area contributed by atoms with Gasteiger partial charge in [0, 0.05) is 11.4 Å². The number of carbonyl (C=O) groups excluding carboxylic acids is 1. The Hall–Kier alpha value is -1.86. The van der Waals surface area contributed by atoms with Gasteiger partial charge in [-0.2, -0.15) is 0 Å². The number of ketones is 1. The number of hydrogen-bond donors (Lipinski definition) is 0. The van der Waals surface area contributed by atoms with Crippen LogP contribution in [0.25, 0.3) is 0 Å². The predicted molar refractivity (Wildman–Crippen MR) is 138 cm³/mol. The average Bonchev–Trinajstić information content (AvgIpc) is 2.79. The highest BCUT2D eigenvalue weighted by Gasteiger charge is 2.19. The molecule has 0 saturated heterocycles. The van der Waals surface area contributed by atoms with Gasteiger partial charge in [0.25, 0.3) is 0 Å². The molecule has 2 aromatic carbocycles. The second kappa shape index (κ2) is 11.8. The van der Waals surface area contributed by atoms with E-state index in [4.69, 9.17) is 11.6 Å². The minimum Gasteiger partial charge on any atom is -0.295 e. The molecule has 2 atom stereocenters. The van der Waals surface area contributed by atoms with Crippen molar-refractivity contribution in [3.8, 4) is 0 Å². The van der Waals surface area contributed by atoms with Crippen molar-refractivity contribution in [1.82, 2.24) is 0 Å². The average molecular weight is 451 g/mol. The number of carbonyl (C=O) groups is 1. The Morgan fingerprint density at radius 2 is 1.78 bits per heavy atom. The lowest BCUT2D eigenvalue weighted by Crippen LogP contribution is -2.10. The van der Waals surface area contributed by atoms with Gasteiger partial charge in [-0.15, -0.1) is 0 Å². The lowest BCUT2D eigenvalue weighted by Gasteiger charge is -2.21. The normalized spacial score (nSPS) is 16.3. The number of halogens is 1. The molecule has 2 aromatic rings. The SMILES string of the molecule is CCC(CCc1ccccc1C)Cc1ccc(Cl)c(C(C)CCC2=C(C)C(=O)CCC2)c1. The molecule has 3 rings (SSSR count). The van der Waals surface area contributed by atoms with Crippen LogP contribution in [0.15, 0.2) is 53.6 Å². The molecule has 2 heteroatoms. The molecule has 0 fully saturated rings. The van der Waals surface area contributed by atoms with Gasteiger partial charge in [0.15, 0.2) is 5.78 Å². The van der Waals surface area contributed by atoms with E-state index >= 15 is 0 Å². The highest BCUT2D eigenvalue weighted by Crippen LogP contribution is 2.33. The quantitative estimate of drug-likeness (QED) is 0.353. The molecule has 1 aliphatic carbocycles. The first kappa shape index (κ1) is 24.8. The van der Waals surface area contributed by atoms with Crippen LogP contribution in [-0.2, 0) is 17.6 Å². The van der Waals surface area contributed by atoms with Crippen LogP contribution in [0.1, 0.15) is 93.9 Å². The zero-order valence-electron chi connectivity index (χ0n) is 20.3. The first-order valence-corrected chi connectivity index (χ1v) is 12.8. The van der Waals surface area contributed by atoms with E-state index in [1.807, 2.05) is 6.92 Å². The van der Waals surface area contributed by atoms with Crippen LogP contribution in [0.5, 0.6) is 0 Å². The van der Waals surface area contributed by atoms with Gasteiger partial charge in [-0.05, 0) is 105 Å². The maximum Gasteiger partial charge on any atom is 0.158 e. The molecule has 0 amide bonds. The molecule has 0 bridgehead atoms. The second-order valence-corrected chi connectivity index (χ2v) is 10.2. The summed E-state index contributed by atoms with van der Waals surface area (Å²) in [6.45, 7) is 8.81. The molecule has 172 valence electrons. The molecule has 0 aliphatic heterocycles. The zero-order chi connectivity index (χ0) is 23.1. The van der Waals surface area contributed by atoms with E-state index < -0.39 is 0 Å². The molecule has 0 saturated carbocycles. The summed E-state index contributed by atoms with van der Waals surface area (Å²) >= 11 is 6.63. The van der Waals surface area contributed by atoms with Gasteiger partial charge in [0.2, 0.25) is 0 Å². The van der Waals surface area contributed by atoms with Crippen LogP contribution >= 0.6 is 11.6 Å². The summed E-state index contributed by atoms with van der Waals surface area (Å²) in [5.41, 5.74) is 7.91. The van der Waals surface area contributed by atoms with E-state index in [2.05, 4.69) is 63.2 Å². The van der Waals surface area contributed by atoms with E-state index in [9.17, 15) is 4.79 Å². The standard InChI is InChI=1S/C30H39ClO/c1-5-24(14-17-26-10-7-6-9-21(26)2)19-25-15-18-29(31)28(20-25)22(3)13-16-27-11-8-12-30(32)23(27)4/h6-7,9-10,15,18,20,22,24H,5,8,11-14,16-17,19H2,1-4H3.